The van der Waals surface area contributed by atoms with E-state index >= 15 is 0 Å². The van der Waals surface area contributed by atoms with Crippen molar-refractivity contribution in [1.29, 1.82) is 0 Å². The standard InChI is InChI=1S/C13H15NO2/c1-8(2)13-14-11-5-4-10(6-9(3)15)7-12(11)16-13/h4-5,7-8H,6H2,1-3H3. The summed E-state index contributed by atoms with van der Waals surface area (Å²) in [7, 11) is 0. The summed E-state index contributed by atoms with van der Waals surface area (Å²) in [6.45, 7) is 5.67. The van der Waals surface area contributed by atoms with Crippen molar-refractivity contribution in [2.24, 2.45) is 0 Å². The molecular formula is C13H15NO2. The number of ketones is 1. The molecule has 0 saturated carbocycles. The molecule has 1 aromatic heterocycles. The highest BCUT2D eigenvalue weighted by Gasteiger charge is 2.09. The average Bonchev–Trinajstić information content (AvgIpc) is 2.59. The Labute approximate surface area is 94.5 Å². The van der Waals surface area contributed by atoms with Gasteiger partial charge in [-0.1, -0.05) is 19.9 Å². The first kappa shape index (κ1) is 10.9. The molecule has 3 heteroatoms. The van der Waals surface area contributed by atoms with Crippen LogP contribution in [0.25, 0.3) is 11.1 Å². The van der Waals surface area contributed by atoms with Gasteiger partial charge in [0.05, 0.1) is 0 Å². The molecule has 0 radical (unpaired) electrons. The third kappa shape index (κ3) is 2.13. The SMILES string of the molecule is CC(=O)Cc1ccc2nc(C(C)C)oc2c1. The maximum atomic E-state index is 11.0. The number of carbonyl (C=O) groups is 1. The van der Waals surface area contributed by atoms with E-state index in [0.717, 1.165) is 22.6 Å². The van der Waals surface area contributed by atoms with Crippen molar-refractivity contribution >= 4 is 16.9 Å². The van der Waals surface area contributed by atoms with Crippen LogP contribution in [0.15, 0.2) is 22.6 Å². The third-order valence-corrected chi connectivity index (χ3v) is 2.42. The Bertz CT molecular complexity index is 526. The molecule has 0 N–H and O–H groups in total. The minimum atomic E-state index is 0.156. The van der Waals surface area contributed by atoms with Crippen molar-refractivity contribution < 1.29 is 9.21 Å². The quantitative estimate of drug-likeness (QED) is 0.793. The Balaban J connectivity index is 2.41. The van der Waals surface area contributed by atoms with Gasteiger partial charge in [-0.15, -0.1) is 0 Å². The lowest BCUT2D eigenvalue weighted by molar-refractivity contribution is -0.116. The zero-order valence-corrected chi connectivity index (χ0v) is 9.78. The molecule has 16 heavy (non-hydrogen) atoms. The third-order valence-electron chi connectivity index (χ3n) is 2.42. The number of nitrogens with zero attached hydrogens (tertiary/aromatic N) is 1. The molecule has 3 nitrogen and oxygen atoms in total. The molecule has 1 aromatic carbocycles. The highest BCUT2D eigenvalue weighted by atomic mass is 16.3. The van der Waals surface area contributed by atoms with E-state index in [9.17, 15) is 4.79 Å². The van der Waals surface area contributed by atoms with Crippen LogP contribution in [0.2, 0.25) is 0 Å². The van der Waals surface area contributed by atoms with E-state index in [0.29, 0.717) is 6.42 Å². The van der Waals surface area contributed by atoms with Gasteiger partial charge in [-0.05, 0) is 24.6 Å². The fourth-order valence-corrected chi connectivity index (χ4v) is 1.63. The Morgan fingerprint density at radius 1 is 1.44 bits per heavy atom. The summed E-state index contributed by atoms with van der Waals surface area (Å²) in [4.78, 5) is 15.4. The average molecular weight is 217 g/mol. The fraction of sp³-hybridized carbons (Fsp3) is 0.385. The number of carbonyl (C=O) groups excluding carboxylic acids is 1. The molecule has 2 rings (SSSR count). The summed E-state index contributed by atoms with van der Waals surface area (Å²) in [6, 6.07) is 5.73. The summed E-state index contributed by atoms with van der Waals surface area (Å²) in [5.74, 6) is 1.18. The number of Topliss-reactive ketones (excluding diaryl/α,β-unsaturated/α-hetero) is 1. The molecule has 0 saturated heterocycles. The lowest BCUT2D eigenvalue weighted by atomic mass is 10.1. The molecule has 0 spiro atoms. The van der Waals surface area contributed by atoms with E-state index in [4.69, 9.17) is 4.42 Å². The Morgan fingerprint density at radius 3 is 2.81 bits per heavy atom. The van der Waals surface area contributed by atoms with Crippen LogP contribution in [-0.2, 0) is 11.2 Å². The fourth-order valence-electron chi connectivity index (χ4n) is 1.63. The van der Waals surface area contributed by atoms with Crippen molar-refractivity contribution in [3.63, 3.8) is 0 Å². The number of aromatic nitrogens is 1. The van der Waals surface area contributed by atoms with Crippen molar-refractivity contribution in [2.75, 3.05) is 0 Å². The summed E-state index contributed by atoms with van der Waals surface area (Å²) in [6.07, 6.45) is 0.452. The molecule has 2 aromatic rings. The predicted molar refractivity (Wildman–Crippen MR) is 62.5 cm³/mol. The number of benzene rings is 1. The van der Waals surface area contributed by atoms with Gasteiger partial charge in [0.15, 0.2) is 11.5 Å². The minimum absolute atomic E-state index is 0.156. The topological polar surface area (TPSA) is 43.1 Å². The highest BCUT2D eigenvalue weighted by Crippen LogP contribution is 2.22. The maximum absolute atomic E-state index is 11.0. The van der Waals surface area contributed by atoms with E-state index in [2.05, 4.69) is 4.98 Å². The minimum Gasteiger partial charge on any atom is -0.440 e. The zero-order valence-electron chi connectivity index (χ0n) is 9.78. The van der Waals surface area contributed by atoms with Crippen molar-refractivity contribution in [1.82, 2.24) is 4.98 Å². The van der Waals surface area contributed by atoms with Crippen LogP contribution in [0.4, 0.5) is 0 Å². The first-order chi connectivity index (χ1) is 7.56. The second-order valence-electron chi connectivity index (χ2n) is 4.39. The Morgan fingerprint density at radius 2 is 2.19 bits per heavy atom. The van der Waals surface area contributed by atoms with Crippen molar-refractivity contribution in [3.05, 3.63) is 29.7 Å². The van der Waals surface area contributed by atoms with Gasteiger partial charge in [-0.25, -0.2) is 4.98 Å². The van der Waals surface area contributed by atoms with Gasteiger partial charge in [-0.2, -0.15) is 0 Å². The molecular weight excluding hydrogens is 202 g/mol. The van der Waals surface area contributed by atoms with Gasteiger partial charge in [0.2, 0.25) is 0 Å². The summed E-state index contributed by atoms with van der Waals surface area (Å²) >= 11 is 0. The van der Waals surface area contributed by atoms with Crippen LogP contribution >= 0.6 is 0 Å². The van der Waals surface area contributed by atoms with Crippen LogP contribution in [-0.4, -0.2) is 10.8 Å². The van der Waals surface area contributed by atoms with Gasteiger partial charge < -0.3 is 4.42 Å². The molecule has 0 amide bonds. The Kier molecular flexibility index (Phi) is 2.77. The van der Waals surface area contributed by atoms with Gasteiger partial charge in [0.1, 0.15) is 11.3 Å². The van der Waals surface area contributed by atoms with E-state index in [1.807, 2.05) is 32.0 Å². The maximum Gasteiger partial charge on any atom is 0.198 e. The van der Waals surface area contributed by atoms with Crippen molar-refractivity contribution in [2.45, 2.75) is 33.1 Å². The zero-order chi connectivity index (χ0) is 11.7. The molecule has 0 aliphatic rings. The van der Waals surface area contributed by atoms with Gasteiger partial charge in [0.25, 0.3) is 0 Å². The lowest BCUT2D eigenvalue weighted by Crippen LogP contribution is -1.95. The molecule has 0 fully saturated rings. The van der Waals surface area contributed by atoms with Gasteiger partial charge >= 0.3 is 0 Å². The lowest BCUT2D eigenvalue weighted by Gasteiger charge is -1.96. The Hall–Kier alpha value is -1.64. The number of hydrogen-bond donors (Lipinski definition) is 0. The van der Waals surface area contributed by atoms with E-state index in [-0.39, 0.29) is 11.7 Å². The van der Waals surface area contributed by atoms with Gasteiger partial charge in [-0.3, -0.25) is 4.79 Å². The van der Waals surface area contributed by atoms with E-state index < -0.39 is 0 Å². The van der Waals surface area contributed by atoms with Crippen LogP contribution < -0.4 is 0 Å². The summed E-state index contributed by atoms with van der Waals surface area (Å²) < 4.78 is 5.63. The number of fused-ring (bicyclic) bond motifs is 1. The van der Waals surface area contributed by atoms with Crippen LogP contribution in [0, 0.1) is 0 Å². The summed E-state index contributed by atoms with van der Waals surface area (Å²) in [5.41, 5.74) is 2.60. The molecule has 0 atom stereocenters. The second kappa shape index (κ2) is 4.08. The van der Waals surface area contributed by atoms with Crippen LogP contribution in [0.1, 0.15) is 38.1 Å². The van der Waals surface area contributed by atoms with Crippen LogP contribution in [0.5, 0.6) is 0 Å². The highest BCUT2D eigenvalue weighted by molar-refractivity contribution is 5.80. The van der Waals surface area contributed by atoms with E-state index in [1.54, 1.807) is 6.92 Å². The first-order valence-corrected chi connectivity index (χ1v) is 5.45. The van der Waals surface area contributed by atoms with Gasteiger partial charge in [0, 0.05) is 12.3 Å². The van der Waals surface area contributed by atoms with E-state index in [1.165, 1.54) is 0 Å². The smallest absolute Gasteiger partial charge is 0.198 e. The molecule has 0 unspecified atom stereocenters. The normalized spacial score (nSPS) is 11.2. The molecule has 0 aliphatic heterocycles. The second-order valence-corrected chi connectivity index (χ2v) is 4.39. The largest absolute Gasteiger partial charge is 0.440 e. The van der Waals surface area contributed by atoms with Crippen molar-refractivity contribution in [3.8, 4) is 0 Å². The first-order valence-electron chi connectivity index (χ1n) is 5.45. The molecule has 1 heterocycles. The predicted octanol–water partition coefficient (Wildman–Crippen LogP) is 3.08. The monoisotopic (exact) mass is 217 g/mol. The number of oxazole rings is 1. The molecule has 0 aliphatic carbocycles. The molecule has 0 bridgehead atoms. The van der Waals surface area contributed by atoms with Crippen LogP contribution in [0.3, 0.4) is 0 Å². The number of hydrogen-bond acceptors (Lipinski definition) is 3. The number of rotatable bonds is 3. The molecule has 84 valence electrons. The summed E-state index contributed by atoms with van der Waals surface area (Å²) in [5, 5.41) is 0.